The van der Waals surface area contributed by atoms with E-state index in [9.17, 15) is 9.90 Å². The number of aromatic nitrogens is 1. The van der Waals surface area contributed by atoms with Gasteiger partial charge in [-0.2, -0.15) is 0 Å². The molecule has 3 nitrogen and oxygen atoms in total. The van der Waals surface area contributed by atoms with Crippen LogP contribution in [0.5, 0.6) is 0 Å². The Morgan fingerprint density at radius 3 is 2.79 bits per heavy atom. The van der Waals surface area contributed by atoms with Gasteiger partial charge in [0.2, 0.25) is 0 Å². The van der Waals surface area contributed by atoms with Gasteiger partial charge in [-0.05, 0) is 25.5 Å². The van der Waals surface area contributed by atoms with Gasteiger partial charge in [0.15, 0.2) is 5.78 Å². The fraction of sp³-hybridized carbons (Fsp3) is 0.400. The van der Waals surface area contributed by atoms with E-state index in [2.05, 4.69) is 4.98 Å². The summed E-state index contributed by atoms with van der Waals surface area (Å²) >= 11 is 5.82. The summed E-state index contributed by atoms with van der Waals surface area (Å²) in [6.45, 7) is 2.93. The van der Waals surface area contributed by atoms with Crippen LogP contribution < -0.4 is 0 Å². The molecule has 0 unspecified atom stereocenters. The molecule has 1 aromatic rings. The van der Waals surface area contributed by atoms with E-state index in [1.54, 1.807) is 12.3 Å². The van der Waals surface area contributed by atoms with Gasteiger partial charge in [0.1, 0.15) is 5.60 Å². The van der Waals surface area contributed by atoms with E-state index in [0.29, 0.717) is 10.6 Å². The summed E-state index contributed by atoms with van der Waals surface area (Å²) in [6.07, 6.45) is 3.18. The van der Waals surface area contributed by atoms with E-state index in [-0.39, 0.29) is 12.2 Å². The second-order valence-corrected chi connectivity index (χ2v) is 4.03. The highest BCUT2D eigenvalue weighted by Crippen LogP contribution is 2.16. The Kier molecular flexibility index (Phi) is 3.24. The molecule has 0 aliphatic rings. The monoisotopic (exact) mass is 213 g/mol. The lowest BCUT2D eigenvalue weighted by molar-refractivity contribution is -0.133. The van der Waals surface area contributed by atoms with Gasteiger partial charge in [-0.1, -0.05) is 11.6 Å². The molecule has 14 heavy (non-hydrogen) atoms. The Bertz CT molecular complexity index is 344. The predicted octanol–water partition coefficient (Wildman–Crippen LogP) is 1.62. The first kappa shape index (κ1) is 11.1. The van der Waals surface area contributed by atoms with Crippen LogP contribution in [0, 0.1) is 0 Å². The molecule has 1 N–H and O–H groups in total. The SMILES string of the molecule is CC(C)(O)C(=O)Cc1ccncc1Cl. The van der Waals surface area contributed by atoms with Crippen molar-refractivity contribution in [1.29, 1.82) is 0 Å². The highest BCUT2D eigenvalue weighted by molar-refractivity contribution is 6.31. The summed E-state index contributed by atoms with van der Waals surface area (Å²) in [5.74, 6) is -0.259. The molecule has 0 aliphatic heterocycles. The zero-order valence-electron chi connectivity index (χ0n) is 8.12. The lowest BCUT2D eigenvalue weighted by Crippen LogP contribution is -2.32. The van der Waals surface area contributed by atoms with Crippen LogP contribution in [0.2, 0.25) is 5.02 Å². The molecule has 1 aromatic heterocycles. The second kappa shape index (κ2) is 4.07. The third-order valence-electron chi connectivity index (χ3n) is 1.89. The van der Waals surface area contributed by atoms with Crippen molar-refractivity contribution in [3.63, 3.8) is 0 Å². The molecule has 4 heteroatoms. The Hall–Kier alpha value is -0.930. The van der Waals surface area contributed by atoms with Gasteiger partial charge in [0.25, 0.3) is 0 Å². The number of aliphatic hydroxyl groups is 1. The largest absolute Gasteiger partial charge is 0.383 e. The molecular formula is C10H12ClNO2. The lowest BCUT2D eigenvalue weighted by Gasteiger charge is -2.15. The molecule has 0 saturated heterocycles. The smallest absolute Gasteiger partial charge is 0.168 e. The fourth-order valence-electron chi connectivity index (χ4n) is 0.937. The number of Topliss-reactive ketones (excluding diaryl/α,β-unsaturated/α-hetero) is 1. The number of rotatable bonds is 3. The zero-order chi connectivity index (χ0) is 10.8. The van der Waals surface area contributed by atoms with Crippen LogP contribution in [-0.2, 0) is 11.2 Å². The zero-order valence-corrected chi connectivity index (χ0v) is 8.88. The minimum Gasteiger partial charge on any atom is -0.383 e. The molecular weight excluding hydrogens is 202 g/mol. The third-order valence-corrected chi connectivity index (χ3v) is 2.23. The van der Waals surface area contributed by atoms with Crippen LogP contribution >= 0.6 is 11.6 Å². The first-order valence-electron chi connectivity index (χ1n) is 4.25. The van der Waals surface area contributed by atoms with Gasteiger partial charge < -0.3 is 5.11 Å². The van der Waals surface area contributed by atoms with E-state index in [1.165, 1.54) is 20.0 Å². The Morgan fingerprint density at radius 2 is 2.29 bits per heavy atom. The first-order chi connectivity index (χ1) is 6.41. The summed E-state index contributed by atoms with van der Waals surface area (Å²) in [5.41, 5.74) is -0.624. The number of carbonyl (C=O) groups excluding carboxylic acids is 1. The van der Waals surface area contributed by atoms with E-state index in [0.717, 1.165) is 0 Å². The van der Waals surface area contributed by atoms with Crippen LogP contribution in [0.3, 0.4) is 0 Å². The minimum atomic E-state index is -1.31. The van der Waals surface area contributed by atoms with E-state index >= 15 is 0 Å². The number of halogens is 1. The highest BCUT2D eigenvalue weighted by atomic mass is 35.5. The molecule has 0 amide bonds. The first-order valence-corrected chi connectivity index (χ1v) is 4.63. The highest BCUT2D eigenvalue weighted by Gasteiger charge is 2.24. The average Bonchev–Trinajstić information content (AvgIpc) is 2.07. The molecule has 1 heterocycles. The van der Waals surface area contributed by atoms with Crippen molar-refractivity contribution in [3.8, 4) is 0 Å². The van der Waals surface area contributed by atoms with Crippen molar-refractivity contribution in [2.24, 2.45) is 0 Å². The van der Waals surface area contributed by atoms with Crippen LogP contribution in [0.25, 0.3) is 0 Å². The predicted molar refractivity (Wildman–Crippen MR) is 54.3 cm³/mol. The van der Waals surface area contributed by atoms with Gasteiger partial charge in [-0.25, -0.2) is 0 Å². The number of ketones is 1. The standard InChI is InChI=1S/C10H12ClNO2/c1-10(2,14)9(13)5-7-3-4-12-6-8(7)11/h3-4,6,14H,5H2,1-2H3. The van der Waals surface area contributed by atoms with Crippen LogP contribution in [0.1, 0.15) is 19.4 Å². The summed E-state index contributed by atoms with van der Waals surface area (Å²) in [5, 5.41) is 9.88. The fourth-order valence-corrected chi connectivity index (χ4v) is 1.12. The second-order valence-electron chi connectivity index (χ2n) is 3.63. The summed E-state index contributed by atoms with van der Waals surface area (Å²) in [6, 6.07) is 1.67. The van der Waals surface area contributed by atoms with Gasteiger partial charge in [0, 0.05) is 18.8 Å². The molecule has 0 fully saturated rings. The molecule has 0 radical (unpaired) electrons. The molecule has 0 aromatic carbocycles. The van der Waals surface area contributed by atoms with Crippen molar-refractivity contribution in [2.75, 3.05) is 0 Å². The quantitative estimate of drug-likeness (QED) is 0.830. The van der Waals surface area contributed by atoms with Crippen molar-refractivity contribution < 1.29 is 9.90 Å². The van der Waals surface area contributed by atoms with E-state index in [4.69, 9.17) is 11.6 Å². The van der Waals surface area contributed by atoms with Crippen molar-refractivity contribution >= 4 is 17.4 Å². The lowest BCUT2D eigenvalue weighted by atomic mass is 9.98. The summed E-state index contributed by atoms with van der Waals surface area (Å²) < 4.78 is 0. The van der Waals surface area contributed by atoms with Crippen LogP contribution in [0.15, 0.2) is 18.5 Å². The summed E-state index contributed by atoms with van der Waals surface area (Å²) in [7, 11) is 0. The van der Waals surface area contributed by atoms with Gasteiger partial charge in [-0.15, -0.1) is 0 Å². The Balaban J connectivity index is 2.80. The van der Waals surface area contributed by atoms with Crippen molar-refractivity contribution in [2.45, 2.75) is 25.9 Å². The molecule has 0 atom stereocenters. The van der Waals surface area contributed by atoms with E-state index < -0.39 is 5.60 Å². The molecule has 0 aliphatic carbocycles. The molecule has 0 saturated carbocycles. The average molecular weight is 214 g/mol. The maximum atomic E-state index is 11.5. The number of pyridine rings is 1. The van der Waals surface area contributed by atoms with E-state index in [1.807, 2.05) is 0 Å². The van der Waals surface area contributed by atoms with Gasteiger partial charge in [-0.3, -0.25) is 9.78 Å². The number of carbonyl (C=O) groups is 1. The van der Waals surface area contributed by atoms with Crippen molar-refractivity contribution in [1.82, 2.24) is 4.98 Å². The van der Waals surface area contributed by atoms with Crippen LogP contribution in [0.4, 0.5) is 0 Å². The third kappa shape index (κ3) is 2.79. The maximum Gasteiger partial charge on any atom is 0.168 e. The topological polar surface area (TPSA) is 50.2 Å². The van der Waals surface area contributed by atoms with Crippen LogP contribution in [-0.4, -0.2) is 21.5 Å². The summed E-state index contributed by atoms with van der Waals surface area (Å²) in [4.78, 5) is 15.3. The Labute approximate surface area is 87.7 Å². The molecule has 0 spiro atoms. The van der Waals surface area contributed by atoms with Gasteiger partial charge >= 0.3 is 0 Å². The normalized spacial score (nSPS) is 11.4. The van der Waals surface area contributed by atoms with Gasteiger partial charge in [0.05, 0.1) is 5.02 Å². The minimum absolute atomic E-state index is 0.130. The van der Waals surface area contributed by atoms with Crippen molar-refractivity contribution in [3.05, 3.63) is 29.0 Å². The molecule has 1 rings (SSSR count). The molecule has 76 valence electrons. The number of nitrogens with zero attached hydrogens (tertiary/aromatic N) is 1. The Morgan fingerprint density at radius 1 is 1.64 bits per heavy atom. The number of hydrogen-bond donors (Lipinski definition) is 1. The number of hydrogen-bond acceptors (Lipinski definition) is 3. The maximum absolute atomic E-state index is 11.5. The molecule has 0 bridgehead atoms.